The summed E-state index contributed by atoms with van der Waals surface area (Å²) in [4.78, 5) is 32.7. The number of primary amides is 1. The van der Waals surface area contributed by atoms with Crippen molar-refractivity contribution in [3.05, 3.63) is 46.5 Å². The summed E-state index contributed by atoms with van der Waals surface area (Å²) in [6.07, 6.45) is -3.13. The molecule has 0 unspecified atom stereocenters. The van der Waals surface area contributed by atoms with E-state index in [9.17, 15) is 22.8 Å². The van der Waals surface area contributed by atoms with Crippen LogP contribution in [0.25, 0.3) is 22.6 Å². The van der Waals surface area contributed by atoms with Crippen molar-refractivity contribution in [2.24, 2.45) is 5.73 Å². The van der Waals surface area contributed by atoms with E-state index in [-0.39, 0.29) is 21.6 Å². The zero-order valence-corrected chi connectivity index (χ0v) is 14.7. The highest BCUT2D eigenvalue weighted by Crippen LogP contribution is 2.30. The lowest BCUT2D eigenvalue weighted by molar-refractivity contribution is -0.137. The summed E-state index contributed by atoms with van der Waals surface area (Å²) in [6.45, 7) is 0. The van der Waals surface area contributed by atoms with E-state index < -0.39 is 23.5 Å². The molecule has 8 nitrogen and oxygen atoms in total. The normalized spacial score (nSPS) is 12.5. The second-order valence-corrected chi connectivity index (χ2v) is 6.69. The molecule has 0 bridgehead atoms. The van der Waals surface area contributed by atoms with E-state index in [0.717, 1.165) is 12.1 Å². The Morgan fingerprint density at radius 1 is 1.15 bits per heavy atom. The maximum Gasteiger partial charge on any atom is 0.416 e. The Kier molecular flexibility index (Phi) is 4.07. The molecule has 0 spiro atoms. The minimum atomic E-state index is -4.46. The largest absolute Gasteiger partial charge is 0.416 e. The smallest absolute Gasteiger partial charge is 0.351 e. The number of rotatable bonds is 2. The Morgan fingerprint density at radius 2 is 1.74 bits per heavy atom. The molecule has 0 aliphatic carbocycles. The Balaban J connectivity index is 2.22. The fraction of sp³-hybridized carbons (Fsp3) is 0.250. The number of imidazole rings is 1. The van der Waals surface area contributed by atoms with Gasteiger partial charge in [0.05, 0.1) is 32.9 Å². The van der Waals surface area contributed by atoms with Gasteiger partial charge in [-0.05, 0) is 12.1 Å². The second kappa shape index (κ2) is 5.91. The van der Waals surface area contributed by atoms with E-state index >= 15 is 0 Å². The minimum Gasteiger partial charge on any atom is -0.351 e. The lowest BCUT2D eigenvalue weighted by Gasteiger charge is -2.23. The first-order chi connectivity index (χ1) is 12.4. The third kappa shape index (κ3) is 3.16. The molecule has 1 amide bonds. The van der Waals surface area contributed by atoms with E-state index in [1.165, 1.54) is 23.0 Å². The molecule has 2 N–H and O–H groups in total. The molecule has 1 aromatic carbocycles. The monoisotopic (exact) mass is 381 g/mol. The van der Waals surface area contributed by atoms with Gasteiger partial charge in [0.1, 0.15) is 0 Å². The van der Waals surface area contributed by atoms with Crippen LogP contribution in [0.5, 0.6) is 0 Å². The third-order valence-electron chi connectivity index (χ3n) is 3.85. The van der Waals surface area contributed by atoms with Crippen molar-refractivity contribution in [3.63, 3.8) is 0 Å². The van der Waals surface area contributed by atoms with Crippen LogP contribution in [0.3, 0.4) is 0 Å². The number of aromatic nitrogens is 4. The number of nitrogens with two attached hydrogens (primary N) is 1. The molecular formula is C16H16F3N6O2+. The van der Waals surface area contributed by atoms with Gasteiger partial charge in [0.15, 0.2) is 17.0 Å². The van der Waals surface area contributed by atoms with E-state index in [0.29, 0.717) is 10.1 Å². The van der Waals surface area contributed by atoms with Gasteiger partial charge in [0.25, 0.3) is 0 Å². The summed E-state index contributed by atoms with van der Waals surface area (Å²) < 4.78 is 40.1. The number of hydrogen-bond donors (Lipinski definition) is 1. The average Bonchev–Trinajstić information content (AvgIpc) is 2.85. The predicted molar refractivity (Wildman–Crippen MR) is 92.5 cm³/mol. The van der Waals surface area contributed by atoms with Crippen molar-refractivity contribution in [2.45, 2.75) is 6.18 Å². The first kappa shape index (κ1) is 18.6. The summed E-state index contributed by atoms with van der Waals surface area (Å²) in [6, 6.07) is 3.22. The van der Waals surface area contributed by atoms with Crippen molar-refractivity contribution in [2.75, 3.05) is 21.1 Å². The molecule has 0 atom stereocenters. The Bertz CT molecular complexity index is 1090. The number of benzene rings is 1. The highest BCUT2D eigenvalue weighted by Gasteiger charge is 2.30. The van der Waals surface area contributed by atoms with E-state index in [1.54, 1.807) is 21.1 Å². The number of fused-ring (bicyclic) bond motifs is 1. The molecule has 0 saturated carbocycles. The van der Waals surface area contributed by atoms with Crippen LogP contribution in [-0.2, 0) is 6.18 Å². The van der Waals surface area contributed by atoms with Crippen LogP contribution in [-0.4, -0.2) is 46.4 Å². The van der Waals surface area contributed by atoms with E-state index in [2.05, 4.69) is 9.97 Å². The highest BCUT2D eigenvalue weighted by molar-refractivity contribution is 5.86. The van der Waals surface area contributed by atoms with Gasteiger partial charge in [0.2, 0.25) is 0 Å². The van der Waals surface area contributed by atoms with Gasteiger partial charge in [0, 0.05) is 5.56 Å². The van der Waals surface area contributed by atoms with Crippen molar-refractivity contribution < 1.29 is 18.0 Å². The second-order valence-electron chi connectivity index (χ2n) is 6.69. The number of halogens is 3. The van der Waals surface area contributed by atoms with Crippen LogP contribution in [0.1, 0.15) is 5.56 Å². The number of carbonyl (C=O) groups is 1. The van der Waals surface area contributed by atoms with Crippen molar-refractivity contribution in [1.82, 2.24) is 23.8 Å². The molecule has 2 aromatic heterocycles. The quantitative estimate of drug-likeness (QED) is 0.681. The molecule has 27 heavy (non-hydrogen) atoms. The molecule has 3 rings (SSSR count). The number of quaternary nitrogens is 1. The van der Waals surface area contributed by atoms with Crippen molar-refractivity contribution in [3.8, 4) is 11.4 Å². The summed E-state index contributed by atoms with van der Waals surface area (Å²) in [5.41, 5.74) is 4.35. The van der Waals surface area contributed by atoms with Crippen LogP contribution in [0.15, 0.2) is 35.3 Å². The molecule has 0 aliphatic heterocycles. The third-order valence-corrected chi connectivity index (χ3v) is 3.85. The number of amides is 1. The predicted octanol–water partition coefficient (Wildman–Crippen LogP) is 1.53. The summed E-state index contributed by atoms with van der Waals surface area (Å²) in [5.74, 6) is 0.0600. The Hall–Kier alpha value is -3.21. The number of hydrogen-bond acceptors (Lipinski definition) is 4. The lowest BCUT2D eigenvalue weighted by atomic mass is 10.1. The first-order valence-corrected chi connectivity index (χ1v) is 7.71. The molecule has 0 aliphatic rings. The zero-order valence-electron chi connectivity index (χ0n) is 14.7. The Labute approximate surface area is 150 Å². The molecule has 2 heterocycles. The van der Waals surface area contributed by atoms with Crippen LogP contribution in [0.2, 0.25) is 0 Å². The van der Waals surface area contributed by atoms with Crippen LogP contribution >= 0.6 is 0 Å². The maximum absolute atomic E-state index is 12.7. The van der Waals surface area contributed by atoms with Gasteiger partial charge in [-0.25, -0.2) is 24.1 Å². The van der Waals surface area contributed by atoms with Gasteiger partial charge >= 0.3 is 17.9 Å². The maximum atomic E-state index is 12.7. The van der Waals surface area contributed by atoms with Gasteiger partial charge < -0.3 is 5.73 Å². The molecule has 142 valence electrons. The fourth-order valence-electron chi connectivity index (χ4n) is 2.69. The minimum absolute atomic E-state index is 0.0227. The van der Waals surface area contributed by atoms with Crippen LogP contribution in [0.4, 0.5) is 18.0 Å². The molecular weight excluding hydrogens is 365 g/mol. The molecule has 11 heteroatoms. The molecule has 0 radical (unpaired) electrons. The lowest BCUT2D eigenvalue weighted by Crippen LogP contribution is -2.53. The topological polar surface area (TPSA) is 95.8 Å². The Morgan fingerprint density at radius 3 is 2.22 bits per heavy atom. The number of carbonyl (C=O) groups excluding carboxylic acids is 1. The number of nitrogens with zero attached hydrogens (tertiary/aromatic N) is 5. The van der Waals surface area contributed by atoms with Gasteiger partial charge in [-0.2, -0.15) is 17.7 Å². The van der Waals surface area contributed by atoms with E-state index in [1.807, 2.05) is 0 Å². The zero-order chi connectivity index (χ0) is 20.1. The van der Waals surface area contributed by atoms with Crippen molar-refractivity contribution in [1.29, 1.82) is 0 Å². The van der Waals surface area contributed by atoms with Gasteiger partial charge in [-0.1, -0.05) is 12.1 Å². The summed E-state index contributed by atoms with van der Waals surface area (Å²) in [7, 11) is 5.11. The average molecular weight is 381 g/mol. The molecule has 3 aromatic rings. The summed E-state index contributed by atoms with van der Waals surface area (Å²) >= 11 is 0. The van der Waals surface area contributed by atoms with E-state index in [4.69, 9.17) is 5.73 Å². The van der Waals surface area contributed by atoms with Crippen molar-refractivity contribution >= 4 is 17.2 Å². The molecule has 0 saturated heterocycles. The summed E-state index contributed by atoms with van der Waals surface area (Å²) in [5, 5.41) is 0. The van der Waals surface area contributed by atoms with Crippen LogP contribution in [0, 0.1) is 0 Å². The fourth-order valence-corrected chi connectivity index (χ4v) is 2.69. The van der Waals surface area contributed by atoms with Crippen LogP contribution < -0.4 is 16.0 Å². The SMILES string of the molecule is C[N+](C)(C)n1c(=O)n(C(N)=O)c2nc(-c3ccc(C(F)(F)F)cc3)ncc21. The highest BCUT2D eigenvalue weighted by atomic mass is 19.4. The van der Waals surface area contributed by atoms with Gasteiger partial charge in [-0.15, -0.1) is 4.68 Å². The first-order valence-electron chi connectivity index (χ1n) is 7.71. The molecule has 0 fully saturated rings. The number of alkyl halides is 3. The van der Waals surface area contributed by atoms with Gasteiger partial charge in [-0.3, -0.25) is 0 Å². The standard InChI is InChI=1S/C16H15F3N6O2/c1-25(2,3)24-11-8-21-12(22-13(11)23(14(20)26)15(24)27)9-4-6-10(7-5-9)16(17,18)19/h4-8H,1-3H3,(H-,20,26)/p+1.